The Morgan fingerprint density at radius 1 is 1.12 bits per heavy atom. The van der Waals surface area contributed by atoms with Gasteiger partial charge in [0, 0.05) is 5.92 Å². The topological polar surface area (TPSA) is 55.8 Å². The van der Waals surface area contributed by atoms with Crippen molar-refractivity contribution in [2.24, 2.45) is 0 Å². The fraction of sp³-hybridized carbons (Fsp3) is 0.227. The maximum absolute atomic E-state index is 12.5. The van der Waals surface area contributed by atoms with E-state index in [4.69, 9.17) is 9.47 Å². The van der Waals surface area contributed by atoms with E-state index in [9.17, 15) is 9.90 Å². The molecule has 0 fully saturated rings. The zero-order valence-electron chi connectivity index (χ0n) is 14.9. The molecule has 134 valence electrons. The first-order valence-electron chi connectivity index (χ1n) is 8.64. The van der Waals surface area contributed by atoms with Crippen molar-refractivity contribution in [3.63, 3.8) is 0 Å². The Bertz CT molecular complexity index is 832. The average molecular weight is 350 g/mol. The lowest BCUT2D eigenvalue weighted by Gasteiger charge is -2.26. The van der Waals surface area contributed by atoms with Gasteiger partial charge in [0.1, 0.15) is 11.5 Å². The number of carbonyl (C=O) groups is 1. The van der Waals surface area contributed by atoms with Crippen LogP contribution in [0.5, 0.6) is 5.75 Å². The highest BCUT2D eigenvalue weighted by Gasteiger charge is 2.31. The first-order chi connectivity index (χ1) is 12.6. The van der Waals surface area contributed by atoms with E-state index in [0.717, 1.165) is 22.4 Å². The maximum atomic E-state index is 12.5. The number of benzene rings is 2. The summed E-state index contributed by atoms with van der Waals surface area (Å²) in [6.45, 7) is 2.02. The first kappa shape index (κ1) is 17.8. The smallest absolute Gasteiger partial charge is 0.338 e. The molecule has 1 unspecified atom stereocenters. The molecular formula is C22H22O4. The summed E-state index contributed by atoms with van der Waals surface area (Å²) >= 11 is 0. The van der Waals surface area contributed by atoms with Crippen LogP contribution in [0, 0.1) is 0 Å². The third kappa shape index (κ3) is 3.64. The zero-order valence-corrected chi connectivity index (χ0v) is 14.9. The van der Waals surface area contributed by atoms with Crippen molar-refractivity contribution in [1.29, 1.82) is 0 Å². The Kier molecular flexibility index (Phi) is 5.42. The Morgan fingerprint density at radius 2 is 1.81 bits per heavy atom. The molecule has 3 rings (SSSR count). The van der Waals surface area contributed by atoms with Gasteiger partial charge in [-0.1, -0.05) is 42.5 Å². The van der Waals surface area contributed by atoms with Crippen LogP contribution in [-0.4, -0.2) is 24.8 Å². The molecule has 1 atom stereocenters. The number of allylic oxidation sites excluding steroid dienone is 2. The molecule has 1 aliphatic carbocycles. The van der Waals surface area contributed by atoms with Crippen LogP contribution in [0.3, 0.4) is 0 Å². The number of hydrogen-bond donors (Lipinski definition) is 1. The van der Waals surface area contributed by atoms with Crippen LogP contribution in [0.4, 0.5) is 0 Å². The number of esters is 1. The second kappa shape index (κ2) is 7.91. The molecule has 0 bridgehead atoms. The molecular weight excluding hydrogens is 328 g/mol. The van der Waals surface area contributed by atoms with E-state index in [2.05, 4.69) is 0 Å². The van der Waals surface area contributed by atoms with E-state index in [0.29, 0.717) is 12.0 Å². The molecule has 0 spiro atoms. The first-order valence-corrected chi connectivity index (χ1v) is 8.64. The van der Waals surface area contributed by atoms with Crippen molar-refractivity contribution in [1.82, 2.24) is 0 Å². The predicted octanol–water partition coefficient (Wildman–Crippen LogP) is 4.64. The minimum atomic E-state index is -0.478. The van der Waals surface area contributed by atoms with Crippen LogP contribution in [0.25, 0.3) is 5.57 Å². The molecule has 4 nitrogen and oxygen atoms in total. The van der Waals surface area contributed by atoms with Crippen molar-refractivity contribution in [2.75, 3.05) is 13.7 Å². The van der Waals surface area contributed by atoms with Gasteiger partial charge >= 0.3 is 5.97 Å². The highest BCUT2D eigenvalue weighted by molar-refractivity contribution is 5.93. The van der Waals surface area contributed by atoms with E-state index in [1.807, 2.05) is 54.6 Å². The van der Waals surface area contributed by atoms with E-state index in [1.54, 1.807) is 20.1 Å². The molecule has 2 aromatic carbocycles. The molecule has 0 aliphatic heterocycles. The van der Waals surface area contributed by atoms with Gasteiger partial charge < -0.3 is 14.6 Å². The number of carbonyl (C=O) groups excluding carboxylic acids is 1. The van der Waals surface area contributed by atoms with Crippen molar-refractivity contribution < 1.29 is 19.4 Å². The molecule has 0 saturated heterocycles. The maximum Gasteiger partial charge on any atom is 0.338 e. The summed E-state index contributed by atoms with van der Waals surface area (Å²) in [5.41, 5.74) is 3.25. The summed E-state index contributed by atoms with van der Waals surface area (Å²) in [6, 6.07) is 17.4. The molecule has 1 aliphatic rings. The van der Waals surface area contributed by atoms with Gasteiger partial charge in [-0.3, -0.25) is 0 Å². The minimum absolute atomic E-state index is 0.0330. The van der Waals surface area contributed by atoms with Crippen LogP contribution >= 0.6 is 0 Å². The van der Waals surface area contributed by atoms with Crippen molar-refractivity contribution in [3.8, 4) is 5.75 Å². The van der Waals surface area contributed by atoms with Crippen molar-refractivity contribution in [2.45, 2.75) is 19.3 Å². The lowest BCUT2D eigenvalue weighted by Crippen LogP contribution is -2.20. The molecule has 1 N–H and O–H groups in total. The summed E-state index contributed by atoms with van der Waals surface area (Å²) in [5.74, 6) is -0.0435. The molecule has 26 heavy (non-hydrogen) atoms. The standard InChI is InChI=1S/C22H22O4/c1-3-26-22(24)21-19(16-9-11-18(25-2)12-10-16)13-17(14-20(21)23)15-7-5-4-6-8-15/h4-12,14,19,23H,3,13H2,1-2H3. The van der Waals surface area contributed by atoms with E-state index in [1.165, 1.54) is 0 Å². The molecule has 0 heterocycles. The van der Waals surface area contributed by atoms with Crippen LogP contribution in [-0.2, 0) is 9.53 Å². The molecule has 0 amide bonds. The molecule has 0 aromatic heterocycles. The summed E-state index contributed by atoms with van der Waals surface area (Å²) in [7, 11) is 1.61. The normalized spacial score (nSPS) is 16.8. The monoisotopic (exact) mass is 350 g/mol. The third-order valence-electron chi connectivity index (χ3n) is 4.52. The second-order valence-corrected chi connectivity index (χ2v) is 6.08. The lowest BCUT2D eigenvalue weighted by atomic mass is 9.79. The van der Waals surface area contributed by atoms with Crippen LogP contribution < -0.4 is 4.74 Å². The number of aliphatic hydroxyl groups excluding tert-OH is 1. The fourth-order valence-corrected chi connectivity index (χ4v) is 3.23. The van der Waals surface area contributed by atoms with Crippen LogP contribution in [0.2, 0.25) is 0 Å². The third-order valence-corrected chi connectivity index (χ3v) is 4.52. The minimum Gasteiger partial charge on any atom is -0.507 e. The Morgan fingerprint density at radius 3 is 2.42 bits per heavy atom. The number of methoxy groups -OCH3 is 1. The van der Waals surface area contributed by atoms with Gasteiger partial charge in [0.2, 0.25) is 0 Å². The fourth-order valence-electron chi connectivity index (χ4n) is 3.23. The Labute approximate surface area is 153 Å². The average Bonchev–Trinajstić information content (AvgIpc) is 2.68. The zero-order chi connectivity index (χ0) is 18.5. The molecule has 2 aromatic rings. The summed E-state index contributed by atoms with van der Waals surface area (Å²) in [6.07, 6.45) is 2.27. The Balaban J connectivity index is 2.04. The second-order valence-electron chi connectivity index (χ2n) is 6.08. The summed E-state index contributed by atoms with van der Waals surface area (Å²) in [4.78, 5) is 12.5. The number of rotatable bonds is 5. The van der Waals surface area contributed by atoms with Gasteiger partial charge in [0.15, 0.2) is 0 Å². The van der Waals surface area contributed by atoms with Crippen molar-refractivity contribution in [3.05, 3.63) is 83.1 Å². The SMILES string of the molecule is CCOC(=O)C1=C(O)C=C(c2ccccc2)CC1c1ccc(OC)cc1. The number of ether oxygens (including phenoxy) is 2. The van der Waals surface area contributed by atoms with E-state index < -0.39 is 5.97 Å². The molecule has 4 heteroatoms. The van der Waals surface area contributed by atoms with Gasteiger partial charge in [-0.05, 0) is 48.3 Å². The van der Waals surface area contributed by atoms with Crippen molar-refractivity contribution >= 4 is 11.5 Å². The predicted molar refractivity (Wildman–Crippen MR) is 101 cm³/mol. The number of hydrogen-bond acceptors (Lipinski definition) is 4. The Hall–Kier alpha value is -3.01. The van der Waals surface area contributed by atoms with Crippen LogP contribution in [0.15, 0.2) is 72.0 Å². The van der Waals surface area contributed by atoms with Gasteiger partial charge in [0.25, 0.3) is 0 Å². The van der Waals surface area contributed by atoms with Gasteiger partial charge in [0.05, 0.1) is 19.3 Å². The number of aliphatic hydroxyl groups is 1. The highest BCUT2D eigenvalue weighted by Crippen LogP contribution is 2.41. The molecule has 0 radical (unpaired) electrons. The summed E-state index contributed by atoms with van der Waals surface area (Å²) in [5, 5.41) is 10.6. The van der Waals surface area contributed by atoms with E-state index in [-0.39, 0.29) is 18.3 Å². The summed E-state index contributed by atoms with van der Waals surface area (Å²) < 4.78 is 10.4. The van der Waals surface area contributed by atoms with E-state index >= 15 is 0 Å². The highest BCUT2D eigenvalue weighted by atomic mass is 16.5. The largest absolute Gasteiger partial charge is 0.507 e. The quantitative estimate of drug-likeness (QED) is 0.798. The van der Waals surface area contributed by atoms with Gasteiger partial charge in [-0.2, -0.15) is 0 Å². The van der Waals surface area contributed by atoms with Gasteiger partial charge in [-0.15, -0.1) is 0 Å². The molecule has 0 saturated carbocycles. The van der Waals surface area contributed by atoms with Crippen LogP contribution in [0.1, 0.15) is 30.4 Å². The lowest BCUT2D eigenvalue weighted by molar-refractivity contribution is -0.139. The van der Waals surface area contributed by atoms with Gasteiger partial charge in [-0.25, -0.2) is 4.79 Å².